The van der Waals surface area contributed by atoms with Crippen LogP contribution < -0.4 is 0 Å². The van der Waals surface area contributed by atoms with Gasteiger partial charge in [0.1, 0.15) is 5.82 Å². The molecule has 0 unspecified atom stereocenters. The number of benzene rings is 1. The number of rotatable bonds is 4. The lowest BCUT2D eigenvalue weighted by molar-refractivity contribution is -0.131. The summed E-state index contributed by atoms with van der Waals surface area (Å²) >= 11 is 0. The first kappa shape index (κ1) is 17.4. The Bertz CT molecular complexity index is 921. The predicted molar refractivity (Wildman–Crippen MR) is 103 cm³/mol. The van der Waals surface area contributed by atoms with E-state index in [1.807, 2.05) is 52.9 Å². The second-order valence-electron chi connectivity index (χ2n) is 6.95. The Kier molecular flexibility index (Phi) is 4.96. The van der Waals surface area contributed by atoms with E-state index in [2.05, 4.69) is 15.0 Å². The van der Waals surface area contributed by atoms with E-state index in [0.717, 1.165) is 42.3 Å². The highest BCUT2D eigenvalue weighted by Crippen LogP contribution is 2.29. The molecule has 0 saturated carbocycles. The van der Waals surface area contributed by atoms with Crippen molar-refractivity contribution in [2.75, 3.05) is 13.1 Å². The first-order valence-electron chi connectivity index (χ1n) is 9.35. The summed E-state index contributed by atoms with van der Waals surface area (Å²) < 4.78 is 1.97. The van der Waals surface area contributed by atoms with Gasteiger partial charge in [0.05, 0.1) is 12.1 Å². The van der Waals surface area contributed by atoms with Crippen LogP contribution in [0.25, 0.3) is 5.82 Å². The highest BCUT2D eigenvalue weighted by atomic mass is 16.2. The van der Waals surface area contributed by atoms with Gasteiger partial charge in [-0.25, -0.2) is 9.97 Å². The minimum Gasteiger partial charge on any atom is -0.342 e. The largest absolute Gasteiger partial charge is 0.342 e. The highest BCUT2D eigenvalue weighted by molar-refractivity contribution is 5.79. The van der Waals surface area contributed by atoms with Crippen molar-refractivity contribution in [1.82, 2.24) is 24.4 Å². The third-order valence-corrected chi connectivity index (χ3v) is 5.12. The Labute approximate surface area is 158 Å². The molecule has 1 amide bonds. The van der Waals surface area contributed by atoms with Crippen molar-refractivity contribution in [3.05, 3.63) is 72.2 Å². The summed E-state index contributed by atoms with van der Waals surface area (Å²) in [5.74, 6) is 2.05. The fourth-order valence-corrected chi connectivity index (χ4v) is 3.73. The van der Waals surface area contributed by atoms with Gasteiger partial charge in [-0.3, -0.25) is 14.3 Å². The van der Waals surface area contributed by atoms with E-state index >= 15 is 0 Å². The third kappa shape index (κ3) is 3.74. The smallest absolute Gasteiger partial charge is 0.227 e. The number of carbonyl (C=O) groups excluding carboxylic acids is 1. The van der Waals surface area contributed by atoms with Gasteiger partial charge < -0.3 is 4.90 Å². The zero-order valence-corrected chi connectivity index (χ0v) is 15.5. The monoisotopic (exact) mass is 361 g/mol. The zero-order valence-electron chi connectivity index (χ0n) is 15.5. The summed E-state index contributed by atoms with van der Waals surface area (Å²) in [5, 5.41) is 0. The van der Waals surface area contributed by atoms with E-state index in [-0.39, 0.29) is 11.8 Å². The summed E-state index contributed by atoms with van der Waals surface area (Å²) in [7, 11) is 0. The Morgan fingerprint density at radius 1 is 1.11 bits per heavy atom. The molecule has 0 N–H and O–H groups in total. The molecule has 2 aromatic heterocycles. The first-order chi connectivity index (χ1) is 13.2. The maximum absolute atomic E-state index is 12.8. The fraction of sp³-hybridized carbons (Fsp3) is 0.333. The molecule has 0 radical (unpaired) electrons. The van der Waals surface area contributed by atoms with Crippen molar-refractivity contribution in [1.29, 1.82) is 0 Å². The molecule has 27 heavy (non-hydrogen) atoms. The van der Waals surface area contributed by atoms with Gasteiger partial charge in [0.25, 0.3) is 0 Å². The van der Waals surface area contributed by atoms with E-state index in [1.165, 1.54) is 0 Å². The Morgan fingerprint density at radius 2 is 1.93 bits per heavy atom. The summed E-state index contributed by atoms with van der Waals surface area (Å²) in [6.45, 7) is 3.45. The van der Waals surface area contributed by atoms with E-state index < -0.39 is 0 Å². The SMILES string of the molecule is Cc1nccn1-c1nccnc1[C@@H]1CCCN(C(=O)Cc2ccccc2)C1. The number of nitrogens with zero attached hydrogens (tertiary/aromatic N) is 5. The molecule has 6 heteroatoms. The van der Waals surface area contributed by atoms with Crippen LogP contribution in [0.1, 0.15) is 35.8 Å². The highest BCUT2D eigenvalue weighted by Gasteiger charge is 2.28. The quantitative estimate of drug-likeness (QED) is 0.717. The van der Waals surface area contributed by atoms with Crippen LogP contribution in [0.2, 0.25) is 0 Å². The molecular formula is C21H23N5O. The molecule has 1 atom stereocenters. The molecule has 3 aromatic rings. The molecular weight excluding hydrogens is 338 g/mol. The average Bonchev–Trinajstić information content (AvgIpc) is 3.14. The zero-order chi connectivity index (χ0) is 18.6. The molecule has 6 nitrogen and oxygen atoms in total. The number of hydrogen-bond acceptors (Lipinski definition) is 4. The van der Waals surface area contributed by atoms with Crippen molar-refractivity contribution < 1.29 is 4.79 Å². The molecule has 1 saturated heterocycles. The number of piperidine rings is 1. The normalized spacial score (nSPS) is 17.1. The number of aromatic nitrogens is 4. The number of likely N-dealkylation sites (tertiary alicyclic amines) is 1. The fourth-order valence-electron chi connectivity index (χ4n) is 3.73. The molecule has 1 fully saturated rings. The van der Waals surface area contributed by atoms with E-state index in [4.69, 9.17) is 0 Å². The lowest BCUT2D eigenvalue weighted by Gasteiger charge is -2.33. The predicted octanol–water partition coefficient (Wildman–Crippen LogP) is 2.92. The van der Waals surface area contributed by atoms with Gasteiger partial charge in [0.15, 0.2) is 5.82 Å². The van der Waals surface area contributed by atoms with Gasteiger partial charge in [0, 0.05) is 43.8 Å². The number of aryl methyl sites for hydroxylation is 1. The maximum atomic E-state index is 12.8. The van der Waals surface area contributed by atoms with Gasteiger partial charge in [-0.1, -0.05) is 30.3 Å². The van der Waals surface area contributed by atoms with Crippen molar-refractivity contribution >= 4 is 5.91 Å². The third-order valence-electron chi connectivity index (χ3n) is 5.12. The minimum absolute atomic E-state index is 0.176. The van der Waals surface area contributed by atoms with Crippen molar-refractivity contribution in [2.24, 2.45) is 0 Å². The average molecular weight is 361 g/mol. The molecule has 0 aliphatic carbocycles. The lowest BCUT2D eigenvalue weighted by atomic mass is 9.93. The number of amides is 1. The molecule has 0 spiro atoms. The van der Waals surface area contributed by atoms with Crippen LogP contribution in [0, 0.1) is 6.92 Å². The molecule has 4 rings (SSSR count). The van der Waals surface area contributed by atoms with E-state index in [0.29, 0.717) is 13.0 Å². The van der Waals surface area contributed by atoms with E-state index in [9.17, 15) is 4.79 Å². The summed E-state index contributed by atoms with van der Waals surface area (Å²) in [5.41, 5.74) is 2.00. The van der Waals surface area contributed by atoms with Crippen LogP contribution in [-0.2, 0) is 11.2 Å². The molecule has 1 aromatic carbocycles. The van der Waals surface area contributed by atoms with E-state index in [1.54, 1.807) is 18.6 Å². The van der Waals surface area contributed by atoms with Crippen LogP contribution in [0.5, 0.6) is 0 Å². The molecule has 138 valence electrons. The Balaban J connectivity index is 1.54. The number of hydrogen-bond donors (Lipinski definition) is 0. The standard InChI is InChI=1S/C21H23N5O/c1-16-22-11-13-26(16)21-20(23-9-10-24-21)18-8-5-12-25(15-18)19(27)14-17-6-3-2-4-7-17/h2-4,6-7,9-11,13,18H,5,8,12,14-15H2,1H3/t18-/m1/s1. The number of imidazole rings is 1. The van der Waals surface area contributed by atoms with Crippen molar-refractivity contribution in [3.63, 3.8) is 0 Å². The van der Waals surface area contributed by atoms with Crippen LogP contribution >= 0.6 is 0 Å². The first-order valence-corrected chi connectivity index (χ1v) is 9.35. The van der Waals surface area contributed by atoms with Crippen LogP contribution in [-0.4, -0.2) is 43.4 Å². The summed E-state index contributed by atoms with van der Waals surface area (Å²) in [4.78, 5) is 28.2. The van der Waals surface area contributed by atoms with Gasteiger partial charge in [-0.05, 0) is 25.3 Å². The summed E-state index contributed by atoms with van der Waals surface area (Å²) in [6, 6.07) is 9.92. The second kappa shape index (κ2) is 7.70. The van der Waals surface area contributed by atoms with Crippen LogP contribution in [0.4, 0.5) is 0 Å². The Hall–Kier alpha value is -3.02. The van der Waals surface area contributed by atoms with Gasteiger partial charge in [-0.15, -0.1) is 0 Å². The topological polar surface area (TPSA) is 63.9 Å². The van der Waals surface area contributed by atoms with Crippen molar-refractivity contribution in [3.8, 4) is 5.82 Å². The van der Waals surface area contributed by atoms with Crippen molar-refractivity contribution in [2.45, 2.75) is 32.1 Å². The van der Waals surface area contributed by atoms with Crippen LogP contribution in [0.3, 0.4) is 0 Å². The molecule has 1 aliphatic rings. The maximum Gasteiger partial charge on any atom is 0.227 e. The molecule has 0 bridgehead atoms. The number of carbonyl (C=O) groups is 1. The lowest BCUT2D eigenvalue weighted by Crippen LogP contribution is -2.40. The molecule has 3 heterocycles. The van der Waals surface area contributed by atoms with Gasteiger partial charge in [0.2, 0.25) is 5.91 Å². The molecule has 1 aliphatic heterocycles. The van der Waals surface area contributed by atoms with Gasteiger partial charge in [-0.2, -0.15) is 0 Å². The minimum atomic E-state index is 0.176. The summed E-state index contributed by atoms with van der Waals surface area (Å²) in [6.07, 6.45) is 9.55. The van der Waals surface area contributed by atoms with Gasteiger partial charge >= 0.3 is 0 Å². The Morgan fingerprint density at radius 3 is 2.70 bits per heavy atom. The second-order valence-corrected chi connectivity index (χ2v) is 6.95. The van der Waals surface area contributed by atoms with Crippen LogP contribution in [0.15, 0.2) is 55.1 Å².